The Morgan fingerprint density at radius 2 is 1.94 bits per heavy atom. The van der Waals surface area contributed by atoms with Crippen LogP contribution in [0.25, 0.3) is 11.3 Å². The summed E-state index contributed by atoms with van der Waals surface area (Å²) >= 11 is 5.01. The number of benzene rings is 1. The number of methoxy groups -OCH3 is 1. The van der Waals surface area contributed by atoms with Gasteiger partial charge in [-0.25, -0.2) is 4.98 Å². The largest absolute Gasteiger partial charge is 0.496 e. The molecule has 0 amide bonds. The van der Waals surface area contributed by atoms with E-state index >= 15 is 0 Å². The van der Waals surface area contributed by atoms with Crippen LogP contribution in [0.4, 0.5) is 0 Å². The molecular weight excluding hydrogens is 298 g/mol. The molecule has 0 spiro atoms. The first-order valence-corrected chi connectivity index (χ1v) is 6.98. The van der Waals surface area contributed by atoms with Crippen molar-refractivity contribution in [2.45, 2.75) is 20.8 Å². The van der Waals surface area contributed by atoms with E-state index in [1.54, 1.807) is 18.4 Å². The van der Waals surface area contributed by atoms with Crippen molar-refractivity contribution < 1.29 is 4.74 Å². The minimum Gasteiger partial charge on any atom is -0.496 e. The van der Waals surface area contributed by atoms with Gasteiger partial charge in [0.15, 0.2) is 3.92 Å². The summed E-state index contributed by atoms with van der Waals surface area (Å²) in [5.74, 6) is 0.943. The molecule has 0 aliphatic heterocycles. The summed E-state index contributed by atoms with van der Waals surface area (Å²) in [7, 11) is 1.71. The molecule has 2 aromatic rings. The number of ether oxygens (including phenoxy) is 1. The molecule has 0 bridgehead atoms. The van der Waals surface area contributed by atoms with Crippen LogP contribution in [0.1, 0.15) is 16.7 Å². The molecular formula is C13H14BrNOS. The van der Waals surface area contributed by atoms with Gasteiger partial charge in [-0.05, 0) is 59.5 Å². The van der Waals surface area contributed by atoms with E-state index in [1.165, 1.54) is 22.3 Å². The minimum absolute atomic E-state index is 0.916. The molecule has 17 heavy (non-hydrogen) atoms. The van der Waals surface area contributed by atoms with Gasteiger partial charge in [0.2, 0.25) is 0 Å². The fourth-order valence-corrected chi connectivity index (χ4v) is 3.02. The molecule has 0 atom stereocenters. The summed E-state index contributed by atoms with van der Waals surface area (Å²) in [4.78, 5) is 4.49. The Hall–Kier alpha value is -0.870. The van der Waals surface area contributed by atoms with Crippen molar-refractivity contribution in [2.75, 3.05) is 7.11 Å². The summed E-state index contributed by atoms with van der Waals surface area (Å²) < 4.78 is 6.29. The average molecular weight is 312 g/mol. The third kappa shape index (κ3) is 2.24. The Morgan fingerprint density at radius 1 is 1.24 bits per heavy atom. The van der Waals surface area contributed by atoms with E-state index in [9.17, 15) is 0 Å². The summed E-state index contributed by atoms with van der Waals surface area (Å²) in [5.41, 5.74) is 5.85. The fourth-order valence-electron chi connectivity index (χ4n) is 2.02. The van der Waals surface area contributed by atoms with Crippen molar-refractivity contribution in [1.82, 2.24) is 4.98 Å². The van der Waals surface area contributed by atoms with Crippen LogP contribution in [0.2, 0.25) is 0 Å². The maximum atomic E-state index is 5.38. The van der Waals surface area contributed by atoms with E-state index in [0.29, 0.717) is 0 Å². The summed E-state index contributed by atoms with van der Waals surface area (Å²) in [6.07, 6.45) is 0. The molecule has 2 nitrogen and oxygen atoms in total. The van der Waals surface area contributed by atoms with Crippen molar-refractivity contribution in [3.8, 4) is 17.0 Å². The first-order chi connectivity index (χ1) is 8.04. The predicted molar refractivity (Wildman–Crippen MR) is 76.0 cm³/mol. The zero-order valence-corrected chi connectivity index (χ0v) is 12.7. The number of hydrogen-bond donors (Lipinski definition) is 0. The number of halogens is 1. The number of rotatable bonds is 2. The van der Waals surface area contributed by atoms with E-state index < -0.39 is 0 Å². The van der Waals surface area contributed by atoms with E-state index in [-0.39, 0.29) is 0 Å². The summed E-state index contributed by atoms with van der Waals surface area (Å²) in [6.45, 7) is 6.30. The number of aryl methyl sites for hydroxylation is 1. The molecule has 0 unspecified atom stereocenters. The SMILES string of the molecule is COc1cc(C)c(-c2csc(Br)n2)c(C)c1C. The molecule has 90 valence electrons. The molecule has 0 saturated carbocycles. The molecule has 0 N–H and O–H groups in total. The minimum atomic E-state index is 0.916. The number of aromatic nitrogens is 1. The monoisotopic (exact) mass is 311 g/mol. The number of thiazole rings is 1. The highest BCUT2D eigenvalue weighted by Crippen LogP contribution is 2.35. The molecule has 0 saturated heterocycles. The molecule has 0 radical (unpaired) electrons. The Bertz CT molecular complexity index is 563. The zero-order valence-electron chi connectivity index (χ0n) is 10.3. The molecule has 1 aromatic heterocycles. The normalized spacial score (nSPS) is 10.6. The van der Waals surface area contributed by atoms with Crippen LogP contribution < -0.4 is 4.74 Å². The lowest BCUT2D eigenvalue weighted by atomic mass is 9.95. The Kier molecular flexibility index (Phi) is 3.54. The van der Waals surface area contributed by atoms with Gasteiger partial charge < -0.3 is 4.74 Å². The maximum Gasteiger partial charge on any atom is 0.159 e. The molecule has 0 aliphatic carbocycles. The Morgan fingerprint density at radius 3 is 2.47 bits per heavy atom. The van der Waals surface area contributed by atoms with Crippen LogP contribution in [0.15, 0.2) is 15.4 Å². The van der Waals surface area contributed by atoms with E-state index in [4.69, 9.17) is 4.74 Å². The molecule has 0 fully saturated rings. The first-order valence-electron chi connectivity index (χ1n) is 5.30. The van der Waals surface area contributed by atoms with Gasteiger partial charge in [0.05, 0.1) is 12.8 Å². The lowest BCUT2D eigenvalue weighted by molar-refractivity contribution is 0.411. The van der Waals surface area contributed by atoms with E-state index in [0.717, 1.165) is 15.4 Å². The van der Waals surface area contributed by atoms with Crippen molar-refractivity contribution in [1.29, 1.82) is 0 Å². The highest BCUT2D eigenvalue weighted by atomic mass is 79.9. The first kappa shape index (κ1) is 12.6. The van der Waals surface area contributed by atoms with Crippen LogP contribution in [0, 0.1) is 20.8 Å². The summed E-state index contributed by atoms with van der Waals surface area (Å²) in [6, 6.07) is 2.07. The van der Waals surface area contributed by atoms with Crippen molar-refractivity contribution in [2.24, 2.45) is 0 Å². The third-order valence-corrected chi connectivity index (χ3v) is 4.37. The standard InChI is InChI=1S/C13H14BrNOS/c1-7-5-11(16-4)8(2)9(3)12(7)10-6-17-13(14)15-10/h5-6H,1-4H3. The maximum absolute atomic E-state index is 5.38. The van der Waals surface area contributed by atoms with Crippen molar-refractivity contribution in [3.05, 3.63) is 32.1 Å². The second kappa shape index (κ2) is 4.78. The van der Waals surface area contributed by atoms with Gasteiger partial charge in [-0.3, -0.25) is 0 Å². The topological polar surface area (TPSA) is 22.1 Å². The van der Waals surface area contributed by atoms with Gasteiger partial charge in [-0.1, -0.05) is 0 Å². The molecule has 1 heterocycles. The number of hydrogen-bond acceptors (Lipinski definition) is 3. The van der Waals surface area contributed by atoms with E-state index in [1.807, 2.05) is 0 Å². The van der Waals surface area contributed by atoms with Gasteiger partial charge >= 0.3 is 0 Å². The Balaban J connectivity index is 2.66. The van der Waals surface area contributed by atoms with Crippen molar-refractivity contribution in [3.63, 3.8) is 0 Å². The molecule has 1 aromatic carbocycles. The van der Waals surface area contributed by atoms with Gasteiger partial charge in [-0.15, -0.1) is 11.3 Å². The predicted octanol–water partition coefficient (Wildman–Crippen LogP) is 4.51. The average Bonchev–Trinajstić information content (AvgIpc) is 2.70. The quantitative estimate of drug-likeness (QED) is 0.814. The lowest BCUT2D eigenvalue weighted by Crippen LogP contribution is -1.96. The summed E-state index contributed by atoms with van der Waals surface area (Å²) in [5, 5.41) is 2.07. The zero-order chi connectivity index (χ0) is 12.6. The van der Waals surface area contributed by atoms with Crippen LogP contribution in [-0.2, 0) is 0 Å². The highest BCUT2D eigenvalue weighted by Gasteiger charge is 2.14. The Labute approximate surface area is 114 Å². The van der Waals surface area contributed by atoms with Gasteiger partial charge in [0, 0.05) is 10.9 Å². The van der Waals surface area contributed by atoms with Gasteiger partial charge in [-0.2, -0.15) is 0 Å². The van der Waals surface area contributed by atoms with Gasteiger partial charge in [0.1, 0.15) is 5.75 Å². The smallest absolute Gasteiger partial charge is 0.159 e. The fraction of sp³-hybridized carbons (Fsp3) is 0.308. The van der Waals surface area contributed by atoms with Crippen LogP contribution >= 0.6 is 27.3 Å². The number of nitrogens with zero attached hydrogens (tertiary/aromatic N) is 1. The van der Waals surface area contributed by atoms with Gasteiger partial charge in [0.25, 0.3) is 0 Å². The molecule has 4 heteroatoms. The van der Waals surface area contributed by atoms with Crippen LogP contribution in [-0.4, -0.2) is 12.1 Å². The lowest BCUT2D eigenvalue weighted by Gasteiger charge is -2.14. The van der Waals surface area contributed by atoms with Crippen LogP contribution in [0.5, 0.6) is 5.75 Å². The second-order valence-electron chi connectivity index (χ2n) is 4.01. The second-order valence-corrected chi connectivity index (χ2v) is 6.14. The van der Waals surface area contributed by atoms with Crippen molar-refractivity contribution >= 4 is 27.3 Å². The highest BCUT2D eigenvalue weighted by molar-refractivity contribution is 9.11. The van der Waals surface area contributed by atoms with E-state index in [2.05, 4.69) is 53.1 Å². The van der Waals surface area contributed by atoms with Crippen LogP contribution in [0.3, 0.4) is 0 Å². The molecule has 0 aliphatic rings. The third-order valence-electron chi connectivity index (χ3n) is 3.00. The molecule has 2 rings (SSSR count).